The molecule has 1 heterocycles. The number of aromatic nitrogens is 1. The van der Waals surface area contributed by atoms with E-state index in [-0.39, 0.29) is 5.82 Å². The number of hydrogen-bond acceptors (Lipinski definition) is 3. The lowest BCUT2D eigenvalue weighted by molar-refractivity contribution is -0.137. The summed E-state index contributed by atoms with van der Waals surface area (Å²) in [6, 6.07) is 11.1. The van der Waals surface area contributed by atoms with Crippen molar-refractivity contribution in [3.05, 3.63) is 54.2 Å². The van der Waals surface area contributed by atoms with Crippen LogP contribution < -0.4 is 10.1 Å². The molecule has 1 aromatic heterocycles. The van der Waals surface area contributed by atoms with Crippen LogP contribution in [-0.2, 0) is 6.18 Å². The summed E-state index contributed by atoms with van der Waals surface area (Å²) in [5, 5.41) is 2.79. The van der Waals surface area contributed by atoms with Crippen LogP contribution in [0.4, 0.5) is 19.0 Å². The van der Waals surface area contributed by atoms with Crippen LogP contribution in [0.2, 0.25) is 0 Å². The van der Waals surface area contributed by atoms with Crippen LogP contribution in [0.5, 0.6) is 5.75 Å². The van der Waals surface area contributed by atoms with Crippen molar-refractivity contribution in [2.24, 2.45) is 0 Å². The SMILES string of the molecule is FC(F)(F)c1ccnc(NCCOc2ccccc2)c1. The zero-order valence-electron chi connectivity index (χ0n) is 10.5. The van der Waals surface area contributed by atoms with E-state index in [0.29, 0.717) is 18.9 Å². The fourth-order valence-corrected chi connectivity index (χ4v) is 1.57. The summed E-state index contributed by atoms with van der Waals surface area (Å²) < 4.78 is 42.9. The van der Waals surface area contributed by atoms with E-state index < -0.39 is 11.7 Å². The molecular weight excluding hydrogens is 269 g/mol. The van der Waals surface area contributed by atoms with Gasteiger partial charge in [-0.15, -0.1) is 0 Å². The maximum atomic E-state index is 12.5. The summed E-state index contributed by atoms with van der Waals surface area (Å²) in [6.45, 7) is 0.700. The monoisotopic (exact) mass is 282 g/mol. The first-order valence-corrected chi connectivity index (χ1v) is 6.01. The van der Waals surface area contributed by atoms with Crippen LogP contribution in [0.3, 0.4) is 0 Å². The Kier molecular flexibility index (Phi) is 4.45. The van der Waals surface area contributed by atoms with Crippen molar-refractivity contribution in [2.45, 2.75) is 6.18 Å². The van der Waals surface area contributed by atoms with Crippen LogP contribution in [0.1, 0.15) is 5.56 Å². The minimum atomic E-state index is -4.36. The van der Waals surface area contributed by atoms with E-state index in [9.17, 15) is 13.2 Å². The number of rotatable bonds is 5. The zero-order valence-corrected chi connectivity index (χ0v) is 10.5. The number of benzene rings is 1. The van der Waals surface area contributed by atoms with Gasteiger partial charge in [-0.2, -0.15) is 13.2 Å². The van der Waals surface area contributed by atoms with Crippen molar-refractivity contribution < 1.29 is 17.9 Å². The minimum absolute atomic E-state index is 0.177. The number of para-hydroxylation sites is 1. The summed E-state index contributed by atoms with van der Waals surface area (Å²) in [5.74, 6) is 0.891. The molecule has 0 unspecified atom stereocenters. The third kappa shape index (κ3) is 4.15. The highest BCUT2D eigenvalue weighted by atomic mass is 19.4. The number of nitrogens with zero attached hydrogens (tertiary/aromatic N) is 1. The molecule has 0 bridgehead atoms. The second kappa shape index (κ2) is 6.27. The molecule has 1 aromatic carbocycles. The number of halogens is 3. The first kappa shape index (κ1) is 14.2. The van der Waals surface area contributed by atoms with E-state index in [1.54, 1.807) is 0 Å². The van der Waals surface area contributed by atoms with Gasteiger partial charge in [0.25, 0.3) is 0 Å². The van der Waals surface area contributed by atoms with Crippen LogP contribution in [0, 0.1) is 0 Å². The van der Waals surface area contributed by atoms with E-state index in [1.165, 1.54) is 0 Å². The van der Waals surface area contributed by atoms with Crippen molar-refractivity contribution in [2.75, 3.05) is 18.5 Å². The average Bonchev–Trinajstić information content (AvgIpc) is 2.44. The van der Waals surface area contributed by atoms with Gasteiger partial charge in [0.05, 0.1) is 12.1 Å². The summed E-state index contributed by atoms with van der Waals surface area (Å²) in [7, 11) is 0. The molecule has 0 saturated heterocycles. The maximum Gasteiger partial charge on any atom is 0.416 e. The molecule has 3 nitrogen and oxygen atoms in total. The Morgan fingerprint density at radius 2 is 1.85 bits per heavy atom. The lowest BCUT2D eigenvalue weighted by Crippen LogP contribution is -2.13. The fourth-order valence-electron chi connectivity index (χ4n) is 1.57. The molecule has 0 aliphatic rings. The van der Waals surface area contributed by atoms with E-state index in [1.807, 2.05) is 30.3 Å². The third-order valence-electron chi connectivity index (χ3n) is 2.51. The first-order chi connectivity index (χ1) is 9.55. The number of ether oxygens (including phenoxy) is 1. The van der Waals surface area contributed by atoms with E-state index in [2.05, 4.69) is 10.3 Å². The summed E-state index contributed by atoms with van der Waals surface area (Å²) in [4.78, 5) is 3.83. The standard InChI is InChI=1S/C14H13F3N2O/c15-14(16,17)11-6-7-18-13(10-11)19-8-9-20-12-4-2-1-3-5-12/h1-7,10H,8-9H2,(H,18,19). The van der Waals surface area contributed by atoms with Gasteiger partial charge in [0, 0.05) is 6.20 Å². The highest BCUT2D eigenvalue weighted by Crippen LogP contribution is 2.29. The number of hydrogen-bond donors (Lipinski definition) is 1. The van der Waals surface area contributed by atoms with Gasteiger partial charge < -0.3 is 10.1 Å². The number of anilines is 1. The number of alkyl halides is 3. The molecule has 0 aliphatic carbocycles. The van der Waals surface area contributed by atoms with Gasteiger partial charge in [0.1, 0.15) is 18.2 Å². The Labute approximate surface area is 114 Å². The molecule has 0 amide bonds. The predicted molar refractivity (Wildman–Crippen MR) is 69.7 cm³/mol. The van der Waals surface area contributed by atoms with Crippen molar-refractivity contribution in [1.29, 1.82) is 0 Å². The van der Waals surface area contributed by atoms with Crippen molar-refractivity contribution in [3.63, 3.8) is 0 Å². The van der Waals surface area contributed by atoms with Gasteiger partial charge in [-0.25, -0.2) is 4.98 Å². The molecular formula is C14H13F3N2O. The van der Waals surface area contributed by atoms with Crippen LogP contribution in [0.15, 0.2) is 48.7 Å². The normalized spacial score (nSPS) is 11.2. The molecule has 0 radical (unpaired) electrons. The first-order valence-electron chi connectivity index (χ1n) is 6.01. The Balaban J connectivity index is 1.83. The largest absolute Gasteiger partial charge is 0.492 e. The van der Waals surface area contributed by atoms with E-state index >= 15 is 0 Å². The molecule has 106 valence electrons. The lowest BCUT2D eigenvalue weighted by Gasteiger charge is -2.10. The summed E-state index contributed by atoms with van der Waals surface area (Å²) in [6.07, 6.45) is -3.23. The quantitative estimate of drug-likeness (QED) is 0.851. The molecule has 0 aliphatic heterocycles. The zero-order chi connectivity index (χ0) is 14.4. The Bertz CT molecular complexity index is 544. The molecule has 0 fully saturated rings. The maximum absolute atomic E-state index is 12.5. The van der Waals surface area contributed by atoms with Crippen molar-refractivity contribution in [3.8, 4) is 5.75 Å². The second-order valence-electron chi connectivity index (χ2n) is 4.02. The topological polar surface area (TPSA) is 34.2 Å². The molecule has 1 N–H and O–H groups in total. The molecule has 6 heteroatoms. The summed E-state index contributed by atoms with van der Waals surface area (Å²) in [5.41, 5.74) is -0.723. The number of pyridine rings is 1. The second-order valence-corrected chi connectivity index (χ2v) is 4.02. The Morgan fingerprint density at radius 1 is 1.10 bits per heavy atom. The molecule has 0 saturated carbocycles. The fraction of sp³-hybridized carbons (Fsp3) is 0.214. The van der Waals surface area contributed by atoms with Crippen molar-refractivity contribution in [1.82, 2.24) is 4.98 Å². The van der Waals surface area contributed by atoms with Gasteiger partial charge in [-0.05, 0) is 24.3 Å². The molecule has 0 atom stereocenters. The minimum Gasteiger partial charge on any atom is -0.492 e. The molecule has 2 aromatic rings. The van der Waals surface area contributed by atoms with Gasteiger partial charge in [-0.3, -0.25) is 0 Å². The lowest BCUT2D eigenvalue weighted by atomic mass is 10.2. The van der Waals surface area contributed by atoms with E-state index in [0.717, 1.165) is 18.3 Å². The van der Waals surface area contributed by atoms with Gasteiger partial charge in [0.2, 0.25) is 0 Å². The number of nitrogens with one attached hydrogen (secondary N) is 1. The van der Waals surface area contributed by atoms with Gasteiger partial charge in [0.15, 0.2) is 0 Å². The Morgan fingerprint density at radius 3 is 2.55 bits per heavy atom. The molecule has 20 heavy (non-hydrogen) atoms. The smallest absolute Gasteiger partial charge is 0.416 e. The average molecular weight is 282 g/mol. The van der Waals surface area contributed by atoms with Crippen LogP contribution in [-0.4, -0.2) is 18.1 Å². The third-order valence-corrected chi connectivity index (χ3v) is 2.51. The van der Waals surface area contributed by atoms with Crippen LogP contribution >= 0.6 is 0 Å². The summed E-state index contributed by atoms with van der Waals surface area (Å²) >= 11 is 0. The van der Waals surface area contributed by atoms with Gasteiger partial charge in [-0.1, -0.05) is 18.2 Å². The highest BCUT2D eigenvalue weighted by Gasteiger charge is 2.30. The molecule has 0 spiro atoms. The predicted octanol–water partition coefficient (Wildman–Crippen LogP) is 3.59. The van der Waals surface area contributed by atoms with Crippen LogP contribution in [0.25, 0.3) is 0 Å². The van der Waals surface area contributed by atoms with Crippen molar-refractivity contribution >= 4 is 5.82 Å². The Hall–Kier alpha value is -2.24. The molecule has 2 rings (SSSR count). The van der Waals surface area contributed by atoms with Gasteiger partial charge >= 0.3 is 6.18 Å². The highest BCUT2D eigenvalue weighted by molar-refractivity contribution is 5.38. The van der Waals surface area contributed by atoms with E-state index in [4.69, 9.17) is 4.74 Å².